The maximum absolute atomic E-state index is 11.8. The van der Waals surface area contributed by atoms with Gasteiger partial charge in [-0.25, -0.2) is 5.43 Å². The van der Waals surface area contributed by atoms with Crippen molar-refractivity contribution in [3.8, 4) is 0 Å². The van der Waals surface area contributed by atoms with Crippen LogP contribution < -0.4 is 5.43 Å². The fraction of sp³-hybridized carbons (Fsp3) is 0.250. The van der Waals surface area contributed by atoms with Crippen molar-refractivity contribution in [2.45, 2.75) is 25.7 Å². The van der Waals surface area contributed by atoms with Crippen molar-refractivity contribution in [3.05, 3.63) is 59.5 Å². The SMILES string of the molecule is O=C(N/N=C1\CCCCc2ccccc21)c1ccco1. The third kappa shape index (κ3) is 2.64. The molecule has 0 saturated carbocycles. The molecule has 0 fully saturated rings. The third-order valence-electron chi connectivity index (χ3n) is 3.48. The predicted molar refractivity (Wildman–Crippen MR) is 76.7 cm³/mol. The van der Waals surface area contributed by atoms with Gasteiger partial charge in [-0.15, -0.1) is 0 Å². The maximum atomic E-state index is 11.8. The van der Waals surface area contributed by atoms with Gasteiger partial charge in [0.15, 0.2) is 5.76 Å². The second-order valence-corrected chi connectivity index (χ2v) is 4.84. The second-order valence-electron chi connectivity index (χ2n) is 4.84. The number of hydrogen-bond donors (Lipinski definition) is 1. The molecule has 0 atom stereocenters. The average molecular weight is 268 g/mol. The Morgan fingerprint density at radius 1 is 1.10 bits per heavy atom. The molecule has 1 amide bonds. The lowest BCUT2D eigenvalue weighted by Gasteiger charge is -2.07. The number of hydrogen-bond acceptors (Lipinski definition) is 3. The molecular weight excluding hydrogens is 252 g/mol. The molecule has 1 aliphatic carbocycles. The van der Waals surface area contributed by atoms with Crippen LogP contribution in [0.25, 0.3) is 0 Å². The minimum atomic E-state index is -0.316. The topological polar surface area (TPSA) is 54.6 Å². The van der Waals surface area contributed by atoms with E-state index < -0.39 is 0 Å². The van der Waals surface area contributed by atoms with E-state index in [1.54, 1.807) is 12.1 Å². The second kappa shape index (κ2) is 5.74. The van der Waals surface area contributed by atoms with Crippen molar-refractivity contribution in [1.29, 1.82) is 0 Å². The van der Waals surface area contributed by atoms with E-state index in [9.17, 15) is 4.79 Å². The number of hydrazone groups is 1. The van der Waals surface area contributed by atoms with Gasteiger partial charge in [-0.2, -0.15) is 5.10 Å². The number of nitrogens with one attached hydrogen (secondary N) is 1. The molecule has 4 nitrogen and oxygen atoms in total. The predicted octanol–water partition coefficient (Wildman–Crippen LogP) is 3.14. The van der Waals surface area contributed by atoms with Crippen molar-refractivity contribution in [2.24, 2.45) is 5.10 Å². The van der Waals surface area contributed by atoms with Gasteiger partial charge in [0.2, 0.25) is 0 Å². The largest absolute Gasteiger partial charge is 0.459 e. The van der Waals surface area contributed by atoms with Gasteiger partial charge in [0.1, 0.15) is 0 Å². The molecule has 3 rings (SSSR count). The Labute approximate surface area is 117 Å². The van der Waals surface area contributed by atoms with E-state index in [1.165, 1.54) is 11.8 Å². The monoisotopic (exact) mass is 268 g/mol. The minimum Gasteiger partial charge on any atom is -0.459 e. The lowest BCUT2D eigenvalue weighted by atomic mass is 10.0. The zero-order valence-electron chi connectivity index (χ0n) is 11.1. The fourth-order valence-corrected chi connectivity index (χ4v) is 2.46. The number of carbonyl (C=O) groups is 1. The molecule has 102 valence electrons. The van der Waals surface area contributed by atoms with Crippen molar-refractivity contribution in [1.82, 2.24) is 5.43 Å². The van der Waals surface area contributed by atoms with Crippen molar-refractivity contribution >= 4 is 11.6 Å². The van der Waals surface area contributed by atoms with Crippen molar-refractivity contribution in [3.63, 3.8) is 0 Å². The van der Waals surface area contributed by atoms with Gasteiger partial charge in [0.05, 0.1) is 12.0 Å². The molecule has 0 saturated heterocycles. The maximum Gasteiger partial charge on any atom is 0.307 e. The highest BCUT2D eigenvalue weighted by Crippen LogP contribution is 2.20. The van der Waals surface area contributed by atoms with Crippen LogP contribution in [0.3, 0.4) is 0 Å². The standard InChI is InChI=1S/C16H16N2O2/c19-16(15-10-5-11-20-15)18-17-14-9-4-2-7-12-6-1-3-8-13(12)14/h1,3,5-6,8,10-11H,2,4,7,9H2,(H,18,19)/b17-14+. The first-order chi connectivity index (χ1) is 9.84. The molecule has 0 unspecified atom stereocenters. The Hall–Kier alpha value is -2.36. The Morgan fingerprint density at radius 2 is 1.95 bits per heavy atom. The molecule has 0 bridgehead atoms. The summed E-state index contributed by atoms with van der Waals surface area (Å²) in [7, 11) is 0. The molecule has 0 aliphatic heterocycles. The quantitative estimate of drug-likeness (QED) is 0.672. The number of aryl methyl sites for hydroxylation is 1. The van der Waals surface area contributed by atoms with E-state index in [1.807, 2.05) is 12.1 Å². The number of carbonyl (C=O) groups excluding carboxylic acids is 1. The number of nitrogens with zero attached hydrogens (tertiary/aromatic N) is 1. The number of rotatable bonds is 2. The van der Waals surface area contributed by atoms with Crippen LogP contribution >= 0.6 is 0 Å². The summed E-state index contributed by atoms with van der Waals surface area (Å²) >= 11 is 0. The van der Waals surface area contributed by atoms with Crippen LogP contribution in [0.4, 0.5) is 0 Å². The molecule has 1 aromatic heterocycles. The van der Waals surface area contributed by atoms with Gasteiger partial charge in [-0.1, -0.05) is 24.3 Å². The molecule has 20 heavy (non-hydrogen) atoms. The Morgan fingerprint density at radius 3 is 2.80 bits per heavy atom. The van der Waals surface area contributed by atoms with Crippen LogP contribution in [-0.2, 0) is 6.42 Å². The van der Waals surface area contributed by atoms with Gasteiger partial charge in [0, 0.05) is 5.56 Å². The number of benzene rings is 1. The fourth-order valence-electron chi connectivity index (χ4n) is 2.46. The van der Waals surface area contributed by atoms with E-state index in [0.29, 0.717) is 0 Å². The first-order valence-corrected chi connectivity index (χ1v) is 6.83. The van der Waals surface area contributed by atoms with Gasteiger partial charge < -0.3 is 4.42 Å². The Kier molecular flexibility index (Phi) is 3.63. The molecule has 1 N–H and O–H groups in total. The molecule has 0 spiro atoms. The lowest BCUT2D eigenvalue weighted by Crippen LogP contribution is -2.19. The third-order valence-corrected chi connectivity index (χ3v) is 3.48. The summed E-state index contributed by atoms with van der Waals surface area (Å²) in [6.07, 6.45) is 5.67. The molecule has 4 heteroatoms. The summed E-state index contributed by atoms with van der Waals surface area (Å²) in [5, 5.41) is 4.30. The highest BCUT2D eigenvalue weighted by molar-refractivity contribution is 6.03. The summed E-state index contributed by atoms with van der Waals surface area (Å²) < 4.78 is 5.05. The Bertz CT molecular complexity index is 630. The van der Waals surface area contributed by atoms with Crippen LogP contribution in [0.5, 0.6) is 0 Å². The first-order valence-electron chi connectivity index (χ1n) is 6.83. The van der Waals surface area contributed by atoms with Crippen LogP contribution in [0.15, 0.2) is 52.2 Å². The number of amides is 1. The lowest BCUT2D eigenvalue weighted by molar-refractivity contribution is 0.0927. The number of furan rings is 1. The zero-order chi connectivity index (χ0) is 13.8. The molecule has 1 heterocycles. The Balaban J connectivity index is 1.82. The van der Waals surface area contributed by atoms with E-state index >= 15 is 0 Å². The number of fused-ring (bicyclic) bond motifs is 1. The first kappa shape index (κ1) is 12.7. The zero-order valence-corrected chi connectivity index (χ0v) is 11.1. The summed E-state index contributed by atoms with van der Waals surface area (Å²) in [4.78, 5) is 11.8. The normalized spacial score (nSPS) is 16.5. The van der Waals surface area contributed by atoms with Crippen LogP contribution in [-0.4, -0.2) is 11.6 Å². The smallest absolute Gasteiger partial charge is 0.307 e. The van der Waals surface area contributed by atoms with Gasteiger partial charge in [0.25, 0.3) is 0 Å². The molecule has 0 radical (unpaired) electrons. The van der Waals surface area contributed by atoms with E-state index in [-0.39, 0.29) is 11.7 Å². The van der Waals surface area contributed by atoms with Crippen LogP contribution in [0, 0.1) is 0 Å². The summed E-state index contributed by atoms with van der Waals surface area (Å²) in [6, 6.07) is 11.6. The van der Waals surface area contributed by atoms with Crippen molar-refractivity contribution in [2.75, 3.05) is 0 Å². The summed E-state index contributed by atoms with van der Waals surface area (Å²) in [5.41, 5.74) is 5.97. The van der Waals surface area contributed by atoms with Gasteiger partial charge in [-0.05, 0) is 43.4 Å². The van der Waals surface area contributed by atoms with E-state index in [2.05, 4.69) is 22.7 Å². The van der Waals surface area contributed by atoms with Gasteiger partial charge >= 0.3 is 5.91 Å². The van der Waals surface area contributed by atoms with E-state index in [4.69, 9.17) is 4.42 Å². The van der Waals surface area contributed by atoms with Gasteiger partial charge in [-0.3, -0.25) is 4.79 Å². The van der Waals surface area contributed by atoms with E-state index in [0.717, 1.165) is 37.0 Å². The minimum absolute atomic E-state index is 0.274. The van der Waals surface area contributed by atoms with Crippen LogP contribution in [0.1, 0.15) is 40.9 Å². The molecule has 2 aromatic rings. The highest BCUT2D eigenvalue weighted by Gasteiger charge is 2.14. The molecule has 1 aliphatic rings. The van der Waals surface area contributed by atoms with Crippen molar-refractivity contribution < 1.29 is 9.21 Å². The van der Waals surface area contributed by atoms with Crippen LogP contribution in [0.2, 0.25) is 0 Å². The summed E-state index contributed by atoms with van der Waals surface area (Å²) in [5.74, 6) is -0.0412. The molecular formula is C16H16N2O2. The average Bonchev–Trinajstić information content (AvgIpc) is 2.93. The highest BCUT2D eigenvalue weighted by atomic mass is 16.3. The molecule has 1 aromatic carbocycles. The summed E-state index contributed by atoms with van der Waals surface area (Å²) in [6.45, 7) is 0.